The molecule has 0 aliphatic carbocycles. The number of sulfonamides is 2. The van der Waals surface area contributed by atoms with E-state index in [0.717, 1.165) is 17.6 Å². The zero-order valence-electron chi connectivity index (χ0n) is 13.9. The fourth-order valence-electron chi connectivity index (χ4n) is 1.94. The van der Waals surface area contributed by atoms with E-state index in [2.05, 4.69) is 10.0 Å². The maximum absolute atomic E-state index is 12.0. The molecule has 0 saturated heterocycles. The molecule has 0 aromatic carbocycles. The molecule has 1 unspecified atom stereocenters. The molecule has 0 aliphatic rings. The highest BCUT2D eigenvalue weighted by atomic mass is 32.2. The van der Waals surface area contributed by atoms with Gasteiger partial charge in [-0.15, -0.1) is 11.3 Å². The monoisotopic (exact) mass is 397 g/mol. The molecule has 0 bridgehead atoms. The number of amides is 1. The minimum atomic E-state index is -3.71. The normalized spacial score (nSPS) is 13.8. The van der Waals surface area contributed by atoms with Crippen LogP contribution in [0.25, 0.3) is 0 Å². The van der Waals surface area contributed by atoms with Gasteiger partial charge in [-0.25, -0.2) is 21.1 Å². The summed E-state index contributed by atoms with van der Waals surface area (Å²) in [6, 6.07) is 2.15. The molecule has 8 nitrogen and oxygen atoms in total. The van der Waals surface area contributed by atoms with Gasteiger partial charge in [0.05, 0.1) is 12.3 Å². The Labute approximate surface area is 147 Å². The maximum atomic E-state index is 12.0. The van der Waals surface area contributed by atoms with Crippen LogP contribution in [0.15, 0.2) is 21.7 Å². The highest BCUT2D eigenvalue weighted by Crippen LogP contribution is 2.15. The Morgan fingerprint density at radius 3 is 2.50 bits per heavy atom. The van der Waals surface area contributed by atoms with Gasteiger partial charge in [0.25, 0.3) is 10.0 Å². The Morgan fingerprint density at radius 2 is 2.00 bits per heavy atom. The molecule has 1 rings (SSSR count). The zero-order chi connectivity index (χ0) is 18.4. The highest BCUT2D eigenvalue weighted by Gasteiger charge is 2.22. The van der Waals surface area contributed by atoms with E-state index in [4.69, 9.17) is 0 Å². The van der Waals surface area contributed by atoms with E-state index in [9.17, 15) is 21.6 Å². The van der Waals surface area contributed by atoms with E-state index in [1.165, 1.54) is 17.3 Å². The summed E-state index contributed by atoms with van der Waals surface area (Å²) < 4.78 is 50.7. The van der Waals surface area contributed by atoms with Crippen molar-refractivity contribution in [3.63, 3.8) is 0 Å². The SMILES string of the molecule is CCN(CCCNC(=O)C(C)NS(=O)(=O)c1cccs1)S(C)(=O)=O. The summed E-state index contributed by atoms with van der Waals surface area (Å²) in [5.74, 6) is -0.461. The number of carbonyl (C=O) groups is 1. The van der Waals surface area contributed by atoms with Gasteiger partial charge in [0.1, 0.15) is 4.21 Å². The van der Waals surface area contributed by atoms with Gasteiger partial charge in [0.15, 0.2) is 0 Å². The number of thiophene rings is 1. The topological polar surface area (TPSA) is 113 Å². The predicted molar refractivity (Wildman–Crippen MR) is 93.8 cm³/mol. The van der Waals surface area contributed by atoms with Crippen LogP contribution in [0.4, 0.5) is 0 Å². The van der Waals surface area contributed by atoms with Crippen LogP contribution in [0, 0.1) is 0 Å². The Hall–Kier alpha value is -1.01. The number of rotatable bonds is 10. The van der Waals surface area contributed by atoms with Crippen molar-refractivity contribution in [1.82, 2.24) is 14.3 Å². The molecule has 1 aromatic rings. The number of nitrogens with zero attached hydrogens (tertiary/aromatic N) is 1. The third-order valence-corrected chi connectivity index (χ3v) is 7.51. The van der Waals surface area contributed by atoms with E-state index < -0.39 is 32.0 Å². The van der Waals surface area contributed by atoms with Crippen molar-refractivity contribution in [1.29, 1.82) is 0 Å². The van der Waals surface area contributed by atoms with Crippen LogP contribution >= 0.6 is 11.3 Å². The Balaban J connectivity index is 2.43. The molecule has 0 fully saturated rings. The van der Waals surface area contributed by atoms with E-state index >= 15 is 0 Å². The second kappa shape index (κ2) is 8.90. The molecule has 1 aromatic heterocycles. The lowest BCUT2D eigenvalue weighted by molar-refractivity contribution is -0.122. The second-order valence-electron chi connectivity index (χ2n) is 5.17. The smallest absolute Gasteiger partial charge is 0.250 e. The van der Waals surface area contributed by atoms with Crippen LogP contribution in [-0.2, 0) is 24.8 Å². The summed E-state index contributed by atoms with van der Waals surface area (Å²) in [6.07, 6.45) is 1.58. The first-order chi connectivity index (χ1) is 11.1. The van der Waals surface area contributed by atoms with Crippen LogP contribution in [0.2, 0.25) is 0 Å². The first-order valence-electron chi connectivity index (χ1n) is 7.36. The van der Waals surface area contributed by atoms with Gasteiger partial charge in [0.2, 0.25) is 15.9 Å². The van der Waals surface area contributed by atoms with Crippen molar-refractivity contribution in [2.45, 2.75) is 30.5 Å². The lowest BCUT2D eigenvalue weighted by Gasteiger charge is -2.18. The molecular formula is C13H23N3O5S3. The molecule has 138 valence electrons. The van der Waals surface area contributed by atoms with Gasteiger partial charge in [-0.05, 0) is 24.8 Å². The molecule has 1 amide bonds. The Kier molecular flexibility index (Phi) is 7.80. The molecular weight excluding hydrogens is 374 g/mol. The Bertz CT molecular complexity index is 729. The van der Waals surface area contributed by atoms with Crippen molar-refractivity contribution >= 4 is 37.3 Å². The third-order valence-electron chi connectivity index (χ3n) is 3.19. The summed E-state index contributed by atoms with van der Waals surface area (Å²) in [5, 5.41) is 4.24. The van der Waals surface area contributed by atoms with Crippen molar-refractivity contribution in [3.05, 3.63) is 17.5 Å². The summed E-state index contributed by atoms with van der Waals surface area (Å²) in [5.41, 5.74) is 0. The lowest BCUT2D eigenvalue weighted by atomic mass is 10.3. The number of hydrogen-bond acceptors (Lipinski definition) is 6. The van der Waals surface area contributed by atoms with Crippen molar-refractivity contribution in [3.8, 4) is 0 Å². The quantitative estimate of drug-likeness (QED) is 0.548. The highest BCUT2D eigenvalue weighted by molar-refractivity contribution is 7.91. The molecule has 0 aliphatic heterocycles. The average Bonchev–Trinajstić information content (AvgIpc) is 3.00. The molecule has 2 N–H and O–H groups in total. The van der Waals surface area contributed by atoms with Gasteiger partial charge >= 0.3 is 0 Å². The largest absolute Gasteiger partial charge is 0.355 e. The standard InChI is InChI=1S/C13H23N3O5S3/c1-4-16(23(3,18)19)9-6-8-14-13(17)11(2)15-24(20,21)12-7-5-10-22-12/h5,7,10-11,15H,4,6,8-9H2,1-3H3,(H,14,17). The van der Waals surface area contributed by atoms with Crippen LogP contribution in [-0.4, -0.2) is 59.0 Å². The van der Waals surface area contributed by atoms with Crippen molar-refractivity contribution in [2.75, 3.05) is 25.9 Å². The lowest BCUT2D eigenvalue weighted by Crippen LogP contribution is -2.45. The molecule has 1 atom stereocenters. The first kappa shape index (κ1) is 21.0. The fraction of sp³-hybridized carbons (Fsp3) is 0.615. The molecule has 0 radical (unpaired) electrons. The van der Waals surface area contributed by atoms with Crippen LogP contribution in [0.5, 0.6) is 0 Å². The van der Waals surface area contributed by atoms with Crippen molar-refractivity contribution in [2.24, 2.45) is 0 Å². The van der Waals surface area contributed by atoms with E-state index in [1.54, 1.807) is 18.4 Å². The third kappa shape index (κ3) is 6.48. The van der Waals surface area contributed by atoms with Gasteiger partial charge in [0, 0.05) is 19.6 Å². The second-order valence-corrected chi connectivity index (χ2v) is 10.0. The van der Waals surface area contributed by atoms with Crippen LogP contribution < -0.4 is 10.0 Å². The molecule has 11 heteroatoms. The minimum Gasteiger partial charge on any atom is -0.355 e. The van der Waals surface area contributed by atoms with Gasteiger partial charge < -0.3 is 5.32 Å². The maximum Gasteiger partial charge on any atom is 0.250 e. The Morgan fingerprint density at radius 1 is 1.33 bits per heavy atom. The van der Waals surface area contributed by atoms with Crippen LogP contribution in [0.3, 0.4) is 0 Å². The van der Waals surface area contributed by atoms with Gasteiger partial charge in [-0.3, -0.25) is 4.79 Å². The van der Waals surface area contributed by atoms with E-state index in [1.807, 2.05) is 0 Å². The molecule has 0 spiro atoms. The number of carbonyl (C=O) groups excluding carboxylic acids is 1. The summed E-state index contributed by atoms with van der Waals surface area (Å²) in [4.78, 5) is 11.9. The van der Waals surface area contributed by atoms with E-state index in [0.29, 0.717) is 19.5 Å². The van der Waals surface area contributed by atoms with Gasteiger partial charge in [-0.2, -0.15) is 4.72 Å². The molecule has 24 heavy (non-hydrogen) atoms. The number of nitrogens with one attached hydrogen (secondary N) is 2. The fourth-order valence-corrected chi connectivity index (χ4v) is 5.08. The summed E-state index contributed by atoms with van der Waals surface area (Å²) in [7, 11) is -6.96. The first-order valence-corrected chi connectivity index (χ1v) is 11.6. The molecule has 0 saturated carbocycles. The molecule has 1 heterocycles. The van der Waals surface area contributed by atoms with Crippen molar-refractivity contribution < 1.29 is 21.6 Å². The summed E-state index contributed by atoms with van der Waals surface area (Å²) in [6.45, 7) is 4.11. The van der Waals surface area contributed by atoms with Crippen LogP contribution in [0.1, 0.15) is 20.3 Å². The predicted octanol–water partition coefficient (Wildman–Crippen LogP) is 0.203. The zero-order valence-corrected chi connectivity index (χ0v) is 16.3. The minimum absolute atomic E-state index is 0.147. The summed E-state index contributed by atoms with van der Waals surface area (Å²) >= 11 is 1.07. The average molecular weight is 398 g/mol. The number of hydrogen-bond donors (Lipinski definition) is 2. The van der Waals surface area contributed by atoms with E-state index in [-0.39, 0.29) is 10.8 Å². The van der Waals surface area contributed by atoms with Gasteiger partial charge in [-0.1, -0.05) is 13.0 Å².